The third-order valence-electron chi connectivity index (χ3n) is 5.89. The minimum absolute atomic E-state index is 0.312. The zero-order chi connectivity index (χ0) is 27.7. The van der Waals surface area contributed by atoms with Crippen LogP contribution in [-0.2, 0) is 9.59 Å². The van der Waals surface area contributed by atoms with Gasteiger partial charge in [0.05, 0.1) is 0 Å². The van der Waals surface area contributed by atoms with Gasteiger partial charge in [0.1, 0.15) is 5.78 Å². The van der Waals surface area contributed by atoms with E-state index in [4.69, 9.17) is 0 Å². The molecule has 0 spiro atoms. The number of unbranched alkanes of at least 4 members (excludes halogenated alkanes) is 10. The molecule has 0 aliphatic heterocycles. The molecule has 214 valence electrons. The molecule has 0 N–H and O–H groups in total. The van der Waals surface area contributed by atoms with Crippen LogP contribution in [0, 0.1) is 0 Å². The van der Waals surface area contributed by atoms with E-state index in [2.05, 4.69) is 46.4 Å². The number of ketones is 1. The summed E-state index contributed by atoms with van der Waals surface area (Å²) in [6, 6.07) is 0.424. The molecule has 0 saturated heterocycles. The van der Waals surface area contributed by atoms with E-state index in [0.29, 0.717) is 24.2 Å². The molecule has 0 aliphatic rings. The van der Waals surface area contributed by atoms with E-state index in [1.165, 1.54) is 77.0 Å². The first-order valence-electron chi connectivity index (χ1n) is 15.6. The summed E-state index contributed by atoms with van der Waals surface area (Å²) in [7, 11) is 2.02. The van der Waals surface area contributed by atoms with Crippen LogP contribution in [0.15, 0.2) is 0 Å². The molecule has 3 heteroatoms. The van der Waals surface area contributed by atoms with Crippen LogP contribution in [0.2, 0.25) is 0 Å². The number of carbonyl (C=O) groups excluding carboxylic acids is 2. The molecule has 35 heavy (non-hydrogen) atoms. The van der Waals surface area contributed by atoms with Crippen LogP contribution < -0.4 is 0 Å². The average Bonchev–Trinajstić information content (AvgIpc) is 2.86. The lowest BCUT2D eigenvalue weighted by Gasteiger charge is -2.29. The largest absolute Gasteiger partial charge is 0.343 e. The molecule has 0 saturated carbocycles. The van der Waals surface area contributed by atoms with E-state index >= 15 is 0 Å². The van der Waals surface area contributed by atoms with E-state index in [-0.39, 0.29) is 0 Å². The summed E-state index contributed by atoms with van der Waals surface area (Å²) in [5.41, 5.74) is 0. The second-order valence-electron chi connectivity index (χ2n) is 9.68. The highest BCUT2D eigenvalue weighted by Crippen LogP contribution is 2.18. The van der Waals surface area contributed by atoms with Gasteiger partial charge in [0, 0.05) is 25.9 Å². The summed E-state index contributed by atoms with van der Waals surface area (Å²) in [5.74, 6) is 0.649. The number of nitrogens with zero attached hydrogens (tertiary/aromatic N) is 1. The van der Waals surface area contributed by atoms with E-state index in [1.54, 1.807) is 6.92 Å². The van der Waals surface area contributed by atoms with Gasteiger partial charge < -0.3 is 9.69 Å². The number of carbonyl (C=O) groups is 2. The molecule has 0 fully saturated rings. The van der Waals surface area contributed by atoms with Crippen molar-refractivity contribution in [3.05, 3.63) is 0 Å². The molecule has 0 bridgehead atoms. The van der Waals surface area contributed by atoms with Crippen molar-refractivity contribution in [3.8, 4) is 0 Å². The van der Waals surface area contributed by atoms with Crippen molar-refractivity contribution < 1.29 is 9.59 Å². The molecule has 1 atom stereocenters. The Labute approximate surface area is 223 Å². The molecule has 0 heterocycles. The molecule has 1 amide bonds. The first kappa shape index (κ1) is 41.3. The van der Waals surface area contributed by atoms with Crippen molar-refractivity contribution in [3.63, 3.8) is 0 Å². The predicted octanol–water partition coefficient (Wildman–Crippen LogP) is 10.9. The number of amides is 1. The lowest BCUT2D eigenvalue weighted by Crippen LogP contribution is -2.37. The monoisotopic (exact) mass is 500 g/mol. The maximum atomic E-state index is 12.5. The van der Waals surface area contributed by atoms with Gasteiger partial charge in [-0.15, -0.1) is 0 Å². The van der Waals surface area contributed by atoms with Gasteiger partial charge in [-0.3, -0.25) is 4.79 Å². The Morgan fingerprint density at radius 3 is 1.37 bits per heavy atom. The molecule has 0 aromatic rings. The Bertz CT molecular complexity index is 393. The Hall–Kier alpha value is -0.860. The Morgan fingerprint density at radius 2 is 0.943 bits per heavy atom. The molecule has 0 aliphatic carbocycles. The predicted molar refractivity (Wildman–Crippen MR) is 160 cm³/mol. The van der Waals surface area contributed by atoms with Crippen LogP contribution in [-0.4, -0.2) is 29.7 Å². The molecule has 1 unspecified atom stereocenters. The second-order valence-corrected chi connectivity index (χ2v) is 9.68. The van der Waals surface area contributed by atoms with Crippen LogP contribution in [0.1, 0.15) is 184 Å². The minimum atomic E-state index is 0.312. The third kappa shape index (κ3) is 37.8. The van der Waals surface area contributed by atoms with E-state index in [0.717, 1.165) is 38.5 Å². The first-order chi connectivity index (χ1) is 16.9. The zero-order valence-corrected chi connectivity index (χ0v) is 26.3. The van der Waals surface area contributed by atoms with Gasteiger partial charge in [-0.2, -0.15) is 0 Å². The lowest BCUT2D eigenvalue weighted by molar-refractivity contribution is -0.132. The lowest BCUT2D eigenvalue weighted by atomic mass is 9.99. The highest BCUT2D eigenvalue weighted by molar-refractivity contribution is 5.76. The normalized spacial score (nSPS) is 10.6. The fourth-order valence-corrected chi connectivity index (χ4v) is 3.53. The Balaban J connectivity index is -0.000000460. The van der Waals surface area contributed by atoms with Gasteiger partial charge in [-0.05, 0) is 32.6 Å². The summed E-state index contributed by atoms with van der Waals surface area (Å²) in [6.45, 7) is 18.7. The highest BCUT2D eigenvalue weighted by Gasteiger charge is 2.18. The number of hydrogen-bond acceptors (Lipinski definition) is 2. The molecule has 0 aromatic carbocycles. The fraction of sp³-hybridized carbons (Fsp3) is 0.938. The average molecular weight is 500 g/mol. The molecule has 3 nitrogen and oxygen atoms in total. The highest BCUT2D eigenvalue weighted by atomic mass is 16.2. The van der Waals surface area contributed by atoms with Gasteiger partial charge >= 0.3 is 0 Å². The van der Waals surface area contributed by atoms with Crippen LogP contribution in [0.5, 0.6) is 0 Å². The van der Waals surface area contributed by atoms with Gasteiger partial charge in [-0.25, -0.2) is 0 Å². The summed E-state index contributed by atoms with van der Waals surface area (Å²) in [6.07, 6.45) is 21.9. The summed E-state index contributed by atoms with van der Waals surface area (Å²) in [5, 5.41) is 0. The van der Waals surface area contributed by atoms with Gasteiger partial charge in [0.2, 0.25) is 5.91 Å². The second kappa shape index (κ2) is 37.7. The Kier molecular flexibility index (Phi) is 44.4. The molecule has 0 rings (SSSR count). The summed E-state index contributed by atoms with van der Waals surface area (Å²) in [4.78, 5) is 25.4. The summed E-state index contributed by atoms with van der Waals surface area (Å²) >= 11 is 0. The third-order valence-corrected chi connectivity index (χ3v) is 5.89. The van der Waals surface area contributed by atoms with Crippen molar-refractivity contribution >= 4 is 11.7 Å². The SMILES string of the molecule is CC.CCC.CCCC.CCCCCC(=O)N(C)C(CCCCC)CCCCCCCCC(C)=O. The van der Waals surface area contributed by atoms with Crippen LogP contribution in [0.3, 0.4) is 0 Å². The summed E-state index contributed by atoms with van der Waals surface area (Å²) < 4.78 is 0. The van der Waals surface area contributed by atoms with Crippen molar-refractivity contribution in [1.82, 2.24) is 4.90 Å². The number of hydrogen-bond donors (Lipinski definition) is 0. The van der Waals surface area contributed by atoms with Crippen LogP contribution >= 0.6 is 0 Å². The van der Waals surface area contributed by atoms with E-state index < -0.39 is 0 Å². The minimum Gasteiger partial charge on any atom is -0.343 e. The number of Topliss-reactive ketones (excluding diaryl/α,β-unsaturated/α-hetero) is 1. The van der Waals surface area contributed by atoms with Gasteiger partial charge in [0.15, 0.2) is 0 Å². The molecule has 0 radical (unpaired) electrons. The van der Waals surface area contributed by atoms with Crippen molar-refractivity contribution in [2.75, 3.05) is 7.05 Å². The standard InChI is InChI=1S/C23H45NO2.C4H10.C3H8.C2H6/c1-5-7-13-18-22(24(4)23(26)20-14-8-6-2)19-16-12-10-9-11-15-17-21(3)25;1-3-4-2;1-3-2;1-2/h22H,5-20H2,1-4H3;3-4H2,1-2H3;3H2,1-2H3;1-2H3. The van der Waals surface area contributed by atoms with Gasteiger partial charge in [0.25, 0.3) is 0 Å². The van der Waals surface area contributed by atoms with E-state index in [1.807, 2.05) is 20.9 Å². The zero-order valence-electron chi connectivity index (χ0n) is 26.3. The maximum absolute atomic E-state index is 12.5. The van der Waals surface area contributed by atoms with Gasteiger partial charge in [-0.1, -0.05) is 139 Å². The maximum Gasteiger partial charge on any atom is 0.222 e. The smallest absolute Gasteiger partial charge is 0.222 e. The quantitative estimate of drug-likeness (QED) is 0.166. The first-order valence-corrected chi connectivity index (χ1v) is 15.6. The van der Waals surface area contributed by atoms with Crippen LogP contribution in [0.25, 0.3) is 0 Å². The molecular weight excluding hydrogens is 430 g/mol. The van der Waals surface area contributed by atoms with Crippen molar-refractivity contribution in [1.29, 1.82) is 0 Å². The molecule has 0 aromatic heterocycles. The van der Waals surface area contributed by atoms with Crippen molar-refractivity contribution in [2.24, 2.45) is 0 Å². The Morgan fingerprint density at radius 1 is 0.571 bits per heavy atom. The van der Waals surface area contributed by atoms with Crippen LogP contribution in [0.4, 0.5) is 0 Å². The van der Waals surface area contributed by atoms with E-state index in [9.17, 15) is 9.59 Å². The topological polar surface area (TPSA) is 37.4 Å². The molecular formula is C32H69NO2. The van der Waals surface area contributed by atoms with Crippen molar-refractivity contribution in [2.45, 2.75) is 190 Å². The number of rotatable bonds is 19. The fourth-order valence-electron chi connectivity index (χ4n) is 3.53.